The summed E-state index contributed by atoms with van der Waals surface area (Å²) in [5.41, 5.74) is 4.67. The van der Waals surface area contributed by atoms with Crippen molar-refractivity contribution in [3.63, 3.8) is 0 Å². The number of anilines is 1. The van der Waals surface area contributed by atoms with Crippen molar-refractivity contribution in [2.75, 3.05) is 19.3 Å². The van der Waals surface area contributed by atoms with Crippen molar-refractivity contribution >= 4 is 21.4 Å². The largest absolute Gasteiger partial charge is 0.397 e. The highest BCUT2D eigenvalue weighted by Crippen LogP contribution is 2.26. The van der Waals surface area contributed by atoms with Crippen LogP contribution in [0.1, 0.15) is 0 Å². The number of sulfonamides is 1. The molecule has 0 spiro atoms. The van der Waals surface area contributed by atoms with Crippen LogP contribution in [0, 0.1) is 10.1 Å². The van der Waals surface area contributed by atoms with Gasteiger partial charge in [-0.3, -0.25) is 10.1 Å². The Kier molecular flexibility index (Phi) is 4.37. The summed E-state index contributed by atoms with van der Waals surface area (Å²) in [6.07, 6.45) is -2.83. The molecule has 0 radical (unpaired) electrons. The van der Waals surface area contributed by atoms with E-state index in [0.29, 0.717) is 4.31 Å². The molecule has 1 aromatic carbocycles. The third-order valence-electron chi connectivity index (χ3n) is 2.29. The second-order valence-corrected chi connectivity index (χ2v) is 5.67. The van der Waals surface area contributed by atoms with Gasteiger partial charge in [0.2, 0.25) is 10.0 Å². The average molecular weight is 295 g/mol. The van der Waals surface area contributed by atoms with Crippen LogP contribution in [0.3, 0.4) is 0 Å². The minimum absolute atomic E-state index is 0.365. The minimum Gasteiger partial charge on any atom is -0.397 e. The molecule has 0 heterocycles. The van der Waals surface area contributed by atoms with Gasteiger partial charge in [0, 0.05) is 19.2 Å². The molecule has 0 aliphatic carbocycles. The van der Waals surface area contributed by atoms with E-state index in [-0.39, 0.29) is 11.4 Å². The Hall–Kier alpha value is -1.81. The van der Waals surface area contributed by atoms with Gasteiger partial charge in [0.05, 0.1) is 17.2 Å². The van der Waals surface area contributed by atoms with Crippen molar-refractivity contribution in [1.29, 1.82) is 0 Å². The summed E-state index contributed by atoms with van der Waals surface area (Å²) in [6, 6.07) is 2.73. The van der Waals surface area contributed by atoms with Crippen LogP contribution < -0.4 is 5.73 Å². The monoisotopic (exact) mass is 295 g/mol. The summed E-state index contributed by atoms with van der Waals surface area (Å²) in [7, 11) is -3.23. The number of nitro groups is 1. The predicted octanol–water partition coefficient (Wildman–Crippen LogP) is 1.06. The fourth-order valence-electron chi connectivity index (χ4n) is 1.34. The molecule has 10 heteroatoms. The zero-order valence-corrected chi connectivity index (χ0v) is 10.6. The van der Waals surface area contributed by atoms with E-state index in [0.717, 1.165) is 25.2 Å². The van der Waals surface area contributed by atoms with Crippen molar-refractivity contribution in [1.82, 2.24) is 4.31 Å². The van der Waals surface area contributed by atoms with Gasteiger partial charge in [-0.1, -0.05) is 0 Å². The first-order valence-corrected chi connectivity index (χ1v) is 6.38. The van der Waals surface area contributed by atoms with Gasteiger partial charge in [-0.2, -0.15) is 4.31 Å². The molecule has 0 aliphatic rings. The Balaban J connectivity index is 3.19. The molecule has 0 bridgehead atoms. The lowest BCUT2D eigenvalue weighted by atomic mass is 10.3. The smallest absolute Gasteiger partial charge is 0.271 e. The second kappa shape index (κ2) is 5.45. The summed E-state index contributed by atoms with van der Waals surface area (Å²) >= 11 is 0. The maximum absolute atomic E-state index is 12.2. The maximum Gasteiger partial charge on any atom is 0.271 e. The van der Waals surface area contributed by atoms with E-state index in [1.165, 1.54) is 0 Å². The summed E-state index contributed by atoms with van der Waals surface area (Å²) in [4.78, 5) is 9.30. The molecule has 1 aromatic rings. The number of rotatable bonds is 5. The number of hydrogen-bond acceptors (Lipinski definition) is 5. The standard InChI is InChI=1S/C9H11F2N3O4S/c1-13(5-9(10)11)19(17,18)8-3-2-6(14(15)16)4-7(8)12/h2-4,9H,5,12H2,1H3. The van der Waals surface area contributed by atoms with Crippen molar-refractivity contribution in [2.45, 2.75) is 11.3 Å². The molecule has 0 atom stereocenters. The molecule has 0 unspecified atom stereocenters. The topological polar surface area (TPSA) is 107 Å². The highest BCUT2D eigenvalue weighted by molar-refractivity contribution is 7.89. The highest BCUT2D eigenvalue weighted by atomic mass is 32.2. The van der Waals surface area contributed by atoms with Gasteiger partial charge in [-0.15, -0.1) is 0 Å². The van der Waals surface area contributed by atoms with Gasteiger partial charge in [-0.25, -0.2) is 17.2 Å². The lowest BCUT2D eigenvalue weighted by Gasteiger charge is -2.17. The first kappa shape index (κ1) is 15.2. The fraction of sp³-hybridized carbons (Fsp3) is 0.333. The molecule has 0 fully saturated rings. The molecule has 0 saturated carbocycles. The molecule has 106 valence electrons. The van der Waals surface area contributed by atoms with Crippen LogP contribution in [0.5, 0.6) is 0 Å². The molecule has 1 rings (SSSR count). The Bertz CT molecular complexity index is 591. The minimum atomic E-state index is -4.20. The number of hydrogen-bond donors (Lipinski definition) is 1. The molecule has 7 nitrogen and oxygen atoms in total. The first-order chi connectivity index (χ1) is 8.66. The van der Waals surface area contributed by atoms with E-state index in [2.05, 4.69) is 0 Å². The molecule has 0 aliphatic heterocycles. The van der Waals surface area contributed by atoms with Gasteiger partial charge in [0.1, 0.15) is 4.90 Å². The van der Waals surface area contributed by atoms with Crippen LogP contribution in [0.2, 0.25) is 0 Å². The Labute approximate surface area is 107 Å². The molecule has 0 amide bonds. The van der Waals surface area contributed by atoms with Crippen molar-refractivity contribution in [2.24, 2.45) is 0 Å². The van der Waals surface area contributed by atoms with Crippen LogP contribution in [-0.4, -0.2) is 37.7 Å². The van der Waals surface area contributed by atoms with E-state index < -0.39 is 32.8 Å². The second-order valence-electron chi connectivity index (χ2n) is 3.66. The normalized spacial score (nSPS) is 12.1. The third kappa shape index (κ3) is 3.35. The number of nitrogen functional groups attached to an aromatic ring is 1. The number of halogens is 2. The summed E-state index contributed by atoms with van der Waals surface area (Å²) in [6.45, 7) is -0.987. The fourth-order valence-corrected chi connectivity index (χ4v) is 2.59. The van der Waals surface area contributed by atoms with E-state index >= 15 is 0 Å². The number of benzene rings is 1. The zero-order chi connectivity index (χ0) is 14.8. The molecule has 2 N–H and O–H groups in total. The van der Waals surface area contributed by atoms with Crippen LogP contribution in [-0.2, 0) is 10.0 Å². The first-order valence-electron chi connectivity index (χ1n) is 4.94. The molecule has 0 saturated heterocycles. The van der Waals surface area contributed by atoms with Gasteiger partial charge < -0.3 is 5.73 Å². The highest BCUT2D eigenvalue weighted by Gasteiger charge is 2.26. The summed E-state index contributed by atoms with van der Waals surface area (Å²) in [5, 5.41) is 10.5. The summed E-state index contributed by atoms with van der Waals surface area (Å²) in [5.74, 6) is 0. The predicted molar refractivity (Wildman–Crippen MR) is 63.3 cm³/mol. The number of nitrogens with zero attached hydrogens (tertiary/aromatic N) is 2. The Morgan fingerprint density at radius 3 is 2.47 bits per heavy atom. The maximum atomic E-state index is 12.2. The number of alkyl halides is 2. The quantitative estimate of drug-likeness (QED) is 0.496. The Morgan fingerprint density at radius 2 is 2.05 bits per heavy atom. The van der Waals surface area contributed by atoms with Crippen LogP contribution in [0.25, 0.3) is 0 Å². The number of non-ortho nitro benzene ring substituents is 1. The van der Waals surface area contributed by atoms with Crippen LogP contribution in [0.15, 0.2) is 23.1 Å². The molecule has 0 aromatic heterocycles. The van der Waals surface area contributed by atoms with Crippen molar-refractivity contribution < 1.29 is 22.1 Å². The van der Waals surface area contributed by atoms with Crippen LogP contribution in [0.4, 0.5) is 20.2 Å². The number of nitrogens with two attached hydrogens (primary N) is 1. The van der Waals surface area contributed by atoms with E-state index in [1.807, 2.05) is 0 Å². The number of nitro benzene ring substituents is 1. The van der Waals surface area contributed by atoms with E-state index in [9.17, 15) is 27.3 Å². The third-order valence-corrected chi connectivity index (χ3v) is 4.18. The van der Waals surface area contributed by atoms with Gasteiger partial charge >= 0.3 is 0 Å². The zero-order valence-electron chi connectivity index (χ0n) is 9.79. The van der Waals surface area contributed by atoms with E-state index in [1.54, 1.807) is 0 Å². The van der Waals surface area contributed by atoms with Crippen LogP contribution >= 0.6 is 0 Å². The van der Waals surface area contributed by atoms with E-state index in [4.69, 9.17) is 5.73 Å². The van der Waals surface area contributed by atoms with Crippen molar-refractivity contribution in [3.8, 4) is 0 Å². The molecular weight excluding hydrogens is 284 g/mol. The van der Waals surface area contributed by atoms with Gasteiger partial charge in [-0.05, 0) is 6.07 Å². The average Bonchev–Trinajstić information content (AvgIpc) is 2.27. The van der Waals surface area contributed by atoms with Gasteiger partial charge in [0.25, 0.3) is 12.1 Å². The molecule has 19 heavy (non-hydrogen) atoms. The lowest BCUT2D eigenvalue weighted by Crippen LogP contribution is -2.31. The lowest BCUT2D eigenvalue weighted by molar-refractivity contribution is -0.384. The SMILES string of the molecule is CN(CC(F)F)S(=O)(=O)c1ccc([N+](=O)[O-])cc1N. The Morgan fingerprint density at radius 1 is 1.47 bits per heavy atom. The van der Waals surface area contributed by atoms with Crippen molar-refractivity contribution in [3.05, 3.63) is 28.3 Å². The summed E-state index contributed by atoms with van der Waals surface area (Å²) < 4.78 is 48.6. The molecular formula is C9H11F2N3O4S. The van der Waals surface area contributed by atoms with Gasteiger partial charge in [0.15, 0.2) is 0 Å².